The molecule has 98 valence electrons. The predicted molar refractivity (Wildman–Crippen MR) is 71.8 cm³/mol. The Balaban J connectivity index is 2.00. The summed E-state index contributed by atoms with van der Waals surface area (Å²) in [5.41, 5.74) is 1.64. The molecule has 1 fully saturated rings. The Kier molecular flexibility index (Phi) is 3.06. The third kappa shape index (κ3) is 2.03. The highest BCUT2D eigenvalue weighted by Gasteiger charge is 2.37. The number of rotatable bonds is 1. The Morgan fingerprint density at radius 1 is 1.33 bits per heavy atom. The van der Waals surface area contributed by atoms with Gasteiger partial charge in [0.25, 0.3) is 0 Å². The molecule has 1 aromatic carbocycles. The molecule has 1 aliphatic carbocycles. The maximum absolute atomic E-state index is 11.0. The SMILES string of the molecule is CC1CCCC(O)(c2cccc3c2OCCC3)C1. The zero-order chi connectivity index (χ0) is 12.6. The lowest BCUT2D eigenvalue weighted by Gasteiger charge is -2.37. The van der Waals surface area contributed by atoms with Crippen LogP contribution in [0.4, 0.5) is 0 Å². The van der Waals surface area contributed by atoms with E-state index in [9.17, 15) is 5.11 Å². The molecule has 2 unspecified atom stereocenters. The number of aliphatic hydroxyl groups is 1. The Bertz CT molecular complexity index is 441. The maximum Gasteiger partial charge on any atom is 0.128 e. The summed E-state index contributed by atoms with van der Waals surface area (Å²) in [5.74, 6) is 1.57. The molecule has 2 nitrogen and oxygen atoms in total. The van der Waals surface area contributed by atoms with E-state index in [4.69, 9.17) is 4.74 Å². The third-order valence-electron chi connectivity index (χ3n) is 4.41. The first-order valence-electron chi connectivity index (χ1n) is 7.16. The van der Waals surface area contributed by atoms with Crippen LogP contribution in [-0.4, -0.2) is 11.7 Å². The Labute approximate surface area is 109 Å². The van der Waals surface area contributed by atoms with Gasteiger partial charge >= 0.3 is 0 Å². The summed E-state index contributed by atoms with van der Waals surface area (Å²) < 4.78 is 5.85. The van der Waals surface area contributed by atoms with Gasteiger partial charge in [0.05, 0.1) is 12.2 Å². The molecule has 0 amide bonds. The molecule has 2 atom stereocenters. The van der Waals surface area contributed by atoms with E-state index in [1.54, 1.807) is 0 Å². The Hall–Kier alpha value is -1.02. The number of aryl methyl sites for hydroxylation is 1. The fraction of sp³-hybridized carbons (Fsp3) is 0.625. The Morgan fingerprint density at radius 2 is 2.22 bits per heavy atom. The summed E-state index contributed by atoms with van der Waals surface area (Å²) in [5, 5.41) is 11.0. The average molecular weight is 246 g/mol. The van der Waals surface area contributed by atoms with Gasteiger partial charge in [-0.15, -0.1) is 0 Å². The van der Waals surface area contributed by atoms with Crippen molar-refractivity contribution in [2.24, 2.45) is 5.92 Å². The minimum absolute atomic E-state index is 0.600. The van der Waals surface area contributed by atoms with Crippen LogP contribution in [0.5, 0.6) is 5.75 Å². The van der Waals surface area contributed by atoms with Crippen molar-refractivity contribution in [1.29, 1.82) is 0 Å². The van der Waals surface area contributed by atoms with Crippen LogP contribution in [0.2, 0.25) is 0 Å². The molecule has 0 radical (unpaired) electrons. The quantitative estimate of drug-likeness (QED) is 0.823. The van der Waals surface area contributed by atoms with Crippen molar-refractivity contribution in [2.45, 2.75) is 51.0 Å². The number of benzene rings is 1. The lowest BCUT2D eigenvalue weighted by atomic mass is 9.74. The predicted octanol–water partition coefficient (Wildman–Crippen LogP) is 3.41. The molecule has 0 saturated heterocycles. The molecule has 18 heavy (non-hydrogen) atoms. The molecule has 3 rings (SSSR count). The summed E-state index contributed by atoms with van der Waals surface area (Å²) >= 11 is 0. The van der Waals surface area contributed by atoms with Crippen LogP contribution in [0, 0.1) is 5.92 Å². The fourth-order valence-corrected chi connectivity index (χ4v) is 3.52. The van der Waals surface area contributed by atoms with Crippen LogP contribution in [0.15, 0.2) is 18.2 Å². The lowest BCUT2D eigenvalue weighted by Crippen LogP contribution is -2.33. The van der Waals surface area contributed by atoms with E-state index in [1.807, 2.05) is 0 Å². The molecule has 2 aliphatic rings. The molecule has 1 aromatic rings. The first-order chi connectivity index (χ1) is 8.69. The van der Waals surface area contributed by atoms with Crippen molar-refractivity contribution in [2.75, 3.05) is 6.61 Å². The first-order valence-corrected chi connectivity index (χ1v) is 7.16. The molecule has 1 aliphatic heterocycles. The number of hydrogen-bond acceptors (Lipinski definition) is 2. The van der Waals surface area contributed by atoms with Crippen molar-refractivity contribution in [3.63, 3.8) is 0 Å². The number of hydrogen-bond donors (Lipinski definition) is 1. The van der Waals surface area contributed by atoms with Crippen LogP contribution in [0.1, 0.15) is 50.2 Å². The molecule has 0 bridgehead atoms. The summed E-state index contributed by atoms with van der Waals surface area (Å²) in [6.07, 6.45) is 6.25. The molecule has 1 heterocycles. The van der Waals surface area contributed by atoms with Crippen molar-refractivity contribution < 1.29 is 9.84 Å². The number of ether oxygens (including phenoxy) is 1. The Morgan fingerprint density at radius 3 is 3.06 bits per heavy atom. The van der Waals surface area contributed by atoms with Gasteiger partial charge in [-0.25, -0.2) is 0 Å². The van der Waals surface area contributed by atoms with E-state index in [-0.39, 0.29) is 0 Å². The molecule has 1 saturated carbocycles. The highest BCUT2D eigenvalue weighted by molar-refractivity contribution is 5.46. The second-order valence-electron chi connectivity index (χ2n) is 5.98. The molecule has 0 spiro atoms. The second kappa shape index (κ2) is 4.58. The molecule has 0 aromatic heterocycles. The van der Waals surface area contributed by atoms with Gasteiger partial charge in [-0.2, -0.15) is 0 Å². The van der Waals surface area contributed by atoms with Gasteiger partial charge < -0.3 is 9.84 Å². The van der Waals surface area contributed by atoms with Crippen LogP contribution >= 0.6 is 0 Å². The van der Waals surface area contributed by atoms with E-state index in [0.29, 0.717) is 5.92 Å². The molecular weight excluding hydrogens is 224 g/mol. The zero-order valence-corrected chi connectivity index (χ0v) is 11.1. The van der Waals surface area contributed by atoms with Gasteiger partial charge in [-0.1, -0.05) is 31.5 Å². The van der Waals surface area contributed by atoms with Gasteiger partial charge in [0.2, 0.25) is 0 Å². The van der Waals surface area contributed by atoms with E-state index >= 15 is 0 Å². The summed E-state index contributed by atoms with van der Waals surface area (Å²) in [4.78, 5) is 0. The zero-order valence-electron chi connectivity index (χ0n) is 11.1. The first kappa shape index (κ1) is 12.0. The van der Waals surface area contributed by atoms with Gasteiger partial charge in [0.15, 0.2) is 0 Å². The lowest BCUT2D eigenvalue weighted by molar-refractivity contribution is -0.0203. The number of fused-ring (bicyclic) bond motifs is 1. The van der Waals surface area contributed by atoms with Crippen molar-refractivity contribution in [1.82, 2.24) is 0 Å². The highest BCUT2D eigenvalue weighted by atomic mass is 16.5. The van der Waals surface area contributed by atoms with Gasteiger partial charge in [-0.3, -0.25) is 0 Å². The monoisotopic (exact) mass is 246 g/mol. The standard InChI is InChI=1S/C16H22O2/c1-12-5-3-9-16(17,11-12)14-8-2-6-13-7-4-10-18-15(13)14/h2,6,8,12,17H,3-5,7,9-11H2,1H3. The highest BCUT2D eigenvalue weighted by Crippen LogP contribution is 2.45. The van der Waals surface area contributed by atoms with Crippen molar-refractivity contribution >= 4 is 0 Å². The smallest absolute Gasteiger partial charge is 0.128 e. The van der Waals surface area contributed by atoms with Crippen LogP contribution in [-0.2, 0) is 12.0 Å². The summed E-state index contributed by atoms with van der Waals surface area (Å²) in [6, 6.07) is 6.26. The number of para-hydroxylation sites is 1. The largest absolute Gasteiger partial charge is 0.493 e. The van der Waals surface area contributed by atoms with E-state index < -0.39 is 5.60 Å². The van der Waals surface area contributed by atoms with Gasteiger partial charge in [0.1, 0.15) is 5.75 Å². The van der Waals surface area contributed by atoms with Crippen LogP contribution in [0.25, 0.3) is 0 Å². The average Bonchev–Trinajstić information content (AvgIpc) is 2.38. The molecule has 1 N–H and O–H groups in total. The normalized spacial score (nSPS) is 31.6. The third-order valence-corrected chi connectivity index (χ3v) is 4.41. The van der Waals surface area contributed by atoms with Crippen molar-refractivity contribution in [3.05, 3.63) is 29.3 Å². The van der Waals surface area contributed by atoms with Gasteiger partial charge in [0, 0.05) is 5.56 Å². The van der Waals surface area contributed by atoms with E-state index in [2.05, 4.69) is 25.1 Å². The molecular formula is C16H22O2. The second-order valence-corrected chi connectivity index (χ2v) is 5.98. The van der Waals surface area contributed by atoms with Crippen LogP contribution < -0.4 is 4.74 Å². The van der Waals surface area contributed by atoms with Crippen molar-refractivity contribution in [3.8, 4) is 5.75 Å². The van der Waals surface area contributed by atoms with E-state index in [1.165, 1.54) is 12.0 Å². The molecule has 2 heteroatoms. The van der Waals surface area contributed by atoms with Crippen LogP contribution in [0.3, 0.4) is 0 Å². The van der Waals surface area contributed by atoms with Gasteiger partial charge in [-0.05, 0) is 43.6 Å². The topological polar surface area (TPSA) is 29.5 Å². The fourth-order valence-electron chi connectivity index (χ4n) is 3.52. The summed E-state index contributed by atoms with van der Waals surface area (Å²) in [7, 11) is 0. The minimum atomic E-state index is -0.666. The minimum Gasteiger partial charge on any atom is -0.493 e. The van der Waals surface area contributed by atoms with E-state index in [0.717, 1.165) is 50.0 Å². The summed E-state index contributed by atoms with van der Waals surface area (Å²) in [6.45, 7) is 3.02. The maximum atomic E-state index is 11.0.